The molecular weight excluding hydrogens is 244 g/mol. The van der Waals surface area contributed by atoms with Crippen LogP contribution in [0.3, 0.4) is 0 Å². The number of para-hydroxylation sites is 1. The van der Waals surface area contributed by atoms with E-state index in [-0.39, 0.29) is 5.78 Å². The number of anilines is 1. The average Bonchev–Trinajstić information content (AvgIpc) is 2.90. The molecule has 18 heavy (non-hydrogen) atoms. The Bertz CT molecular complexity index is 522. The van der Waals surface area contributed by atoms with Crippen LogP contribution in [-0.4, -0.2) is 17.8 Å². The maximum atomic E-state index is 11.9. The topological polar surface area (TPSA) is 33.2 Å². The van der Waals surface area contributed by atoms with Gasteiger partial charge in [-0.2, -0.15) is 0 Å². The highest BCUT2D eigenvalue weighted by atomic mass is 32.1. The molecule has 0 unspecified atom stereocenters. The minimum absolute atomic E-state index is 0.177. The third-order valence-electron chi connectivity index (χ3n) is 2.82. The van der Waals surface area contributed by atoms with E-state index in [4.69, 9.17) is 0 Å². The molecule has 0 saturated carbocycles. The van der Waals surface area contributed by atoms with Gasteiger partial charge < -0.3 is 4.90 Å². The molecule has 0 aliphatic carbocycles. The number of benzene rings is 1. The summed E-state index contributed by atoms with van der Waals surface area (Å²) in [5.74, 6) is 0.177. The fourth-order valence-corrected chi connectivity index (χ4v) is 2.43. The van der Waals surface area contributed by atoms with E-state index in [1.807, 2.05) is 49.1 Å². The second-order valence-corrected chi connectivity index (χ2v) is 4.85. The van der Waals surface area contributed by atoms with Crippen molar-refractivity contribution in [3.63, 3.8) is 0 Å². The van der Waals surface area contributed by atoms with Crippen LogP contribution in [0.4, 0.5) is 5.69 Å². The van der Waals surface area contributed by atoms with Gasteiger partial charge in [0.15, 0.2) is 5.78 Å². The molecule has 2 rings (SSSR count). The highest BCUT2D eigenvalue weighted by molar-refractivity contribution is 7.07. The summed E-state index contributed by atoms with van der Waals surface area (Å²) in [7, 11) is 1.99. The highest BCUT2D eigenvalue weighted by Gasteiger charge is 2.12. The van der Waals surface area contributed by atoms with Gasteiger partial charge in [-0.15, -0.1) is 11.3 Å². The molecule has 0 fully saturated rings. The summed E-state index contributed by atoms with van der Waals surface area (Å²) in [5, 5.41) is 2.03. The van der Waals surface area contributed by atoms with E-state index in [0.29, 0.717) is 6.42 Å². The number of ketones is 1. The van der Waals surface area contributed by atoms with Crippen LogP contribution in [0.2, 0.25) is 0 Å². The Morgan fingerprint density at radius 1 is 1.39 bits per heavy atom. The number of aromatic nitrogens is 1. The van der Waals surface area contributed by atoms with Gasteiger partial charge in [-0.3, -0.25) is 4.79 Å². The van der Waals surface area contributed by atoms with Crippen LogP contribution in [0.5, 0.6) is 0 Å². The molecule has 1 heterocycles. The largest absolute Gasteiger partial charge is 0.368 e. The number of carbonyl (C=O) groups is 1. The molecule has 2 aromatic rings. The monoisotopic (exact) mass is 260 g/mol. The molecule has 0 amide bonds. The van der Waals surface area contributed by atoms with Crippen molar-refractivity contribution in [3.8, 4) is 0 Å². The summed E-state index contributed by atoms with van der Waals surface area (Å²) < 4.78 is 0. The van der Waals surface area contributed by atoms with Crippen LogP contribution in [0.15, 0.2) is 35.2 Å². The van der Waals surface area contributed by atoms with Crippen molar-refractivity contribution in [1.29, 1.82) is 0 Å². The van der Waals surface area contributed by atoms with Gasteiger partial charge in [0.05, 0.1) is 17.7 Å². The predicted octanol–water partition coefficient (Wildman–Crippen LogP) is 3.37. The lowest BCUT2D eigenvalue weighted by Crippen LogP contribution is -2.19. The molecule has 1 aromatic carbocycles. The van der Waals surface area contributed by atoms with Gasteiger partial charge in [-0.1, -0.05) is 19.1 Å². The zero-order valence-corrected chi connectivity index (χ0v) is 11.4. The first-order chi connectivity index (χ1) is 8.72. The summed E-state index contributed by atoms with van der Waals surface area (Å²) in [6.45, 7) is 2.61. The van der Waals surface area contributed by atoms with Crippen LogP contribution in [0.1, 0.15) is 29.4 Å². The SMILES string of the molecule is CCC(=O)c1ccccc1N(C)Cc1cscn1. The van der Waals surface area contributed by atoms with Crippen LogP contribution >= 0.6 is 11.3 Å². The molecule has 94 valence electrons. The minimum atomic E-state index is 0.177. The van der Waals surface area contributed by atoms with Crippen molar-refractivity contribution in [2.24, 2.45) is 0 Å². The molecule has 0 saturated heterocycles. The Morgan fingerprint density at radius 2 is 2.17 bits per heavy atom. The molecule has 0 spiro atoms. The molecule has 3 nitrogen and oxygen atoms in total. The summed E-state index contributed by atoms with van der Waals surface area (Å²) >= 11 is 1.59. The van der Waals surface area contributed by atoms with Crippen LogP contribution in [0.25, 0.3) is 0 Å². The Hall–Kier alpha value is -1.68. The summed E-state index contributed by atoms with van der Waals surface area (Å²) in [6, 6.07) is 7.73. The van der Waals surface area contributed by atoms with E-state index >= 15 is 0 Å². The Labute approximate surface area is 111 Å². The van der Waals surface area contributed by atoms with E-state index < -0.39 is 0 Å². The van der Waals surface area contributed by atoms with Crippen molar-refractivity contribution < 1.29 is 4.79 Å². The van der Waals surface area contributed by atoms with Crippen molar-refractivity contribution in [2.75, 3.05) is 11.9 Å². The van der Waals surface area contributed by atoms with Gasteiger partial charge in [0.25, 0.3) is 0 Å². The first-order valence-electron chi connectivity index (χ1n) is 5.92. The lowest BCUT2D eigenvalue weighted by molar-refractivity contribution is 0.0988. The van der Waals surface area contributed by atoms with Gasteiger partial charge in [-0.25, -0.2) is 4.98 Å². The number of carbonyl (C=O) groups excluding carboxylic acids is 1. The first kappa shape index (κ1) is 12.8. The summed E-state index contributed by atoms with van der Waals surface area (Å²) in [6.07, 6.45) is 0.529. The number of hydrogen-bond acceptors (Lipinski definition) is 4. The Kier molecular flexibility index (Phi) is 4.10. The second-order valence-electron chi connectivity index (χ2n) is 4.13. The molecule has 1 aromatic heterocycles. The van der Waals surface area contributed by atoms with Crippen molar-refractivity contribution in [3.05, 3.63) is 46.4 Å². The highest BCUT2D eigenvalue weighted by Crippen LogP contribution is 2.22. The number of nitrogens with zero attached hydrogens (tertiary/aromatic N) is 2. The van der Waals surface area contributed by atoms with Crippen molar-refractivity contribution in [1.82, 2.24) is 4.98 Å². The number of rotatable bonds is 5. The lowest BCUT2D eigenvalue weighted by Gasteiger charge is -2.20. The first-order valence-corrected chi connectivity index (χ1v) is 6.87. The Balaban J connectivity index is 2.24. The third-order valence-corrected chi connectivity index (χ3v) is 3.45. The molecule has 0 N–H and O–H groups in total. The number of Topliss-reactive ketones (excluding diaryl/α,β-unsaturated/α-hetero) is 1. The molecule has 0 atom stereocenters. The normalized spacial score (nSPS) is 10.3. The zero-order chi connectivity index (χ0) is 13.0. The van der Waals surface area contributed by atoms with Gasteiger partial charge >= 0.3 is 0 Å². The van der Waals surface area contributed by atoms with E-state index in [1.54, 1.807) is 11.3 Å². The second kappa shape index (κ2) is 5.78. The fourth-order valence-electron chi connectivity index (χ4n) is 1.88. The van der Waals surface area contributed by atoms with Gasteiger partial charge in [0.1, 0.15) is 0 Å². The van der Waals surface area contributed by atoms with Crippen LogP contribution in [0, 0.1) is 0 Å². The molecule has 0 aliphatic heterocycles. The Morgan fingerprint density at radius 3 is 2.83 bits per heavy atom. The number of hydrogen-bond donors (Lipinski definition) is 0. The molecule has 4 heteroatoms. The fraction of sp³-hybridized carbons (Fsp3) is 0.286. The molecule has 0 bridgehead atoms. The molecule has 0 aliphatic rings. The van der Waals surface area contributed by atoms with Crippen molar-refractivity contribution in [2.45, 2.75) is 19.9 Å². The van der Waals surface area contributed by atoms with Crippen molar-refractivity contribution >= 4 is 22.8 Å². The lowest BCUT2D eigenvalue weighted by atomic mass is 10.1. The van der Waals surface area contributed by atoms with E-state index in [1.165, 1.54) is 0 Å². The quantitative estimate of drug-likeness (QED) is 0.773. The summed E-state index contributed by atoms with van der Waals surface area (Å²) in [5.41, 5.74) is 4.61. The maximum absolute atomic E-state index is 11.9. The van der Waals surface area contributed by atoms with E-state index in [2.05, 4.69) is 9.88 Å². The standard InChI is InChI=1S/C14H16N2OS/c1-3-14(17)12-6-4-5-7-13(12)16(2)8-11-9-18-10-15-11/h4-7,9-10H,3,8H2,1-2H3. The van der Waals surface area contributed by atoms with Gasteiger partial charge in [-0.05, 0) is 12.1 Å². The third kappa shape index (κ3) is 2.76. The van der Waals surface area contributed by atoms with Crippen LogP contribution < -0.4 is 4.90 Å². The average molecular weight is 260 g/mol. The maximum Gasteiger partial charge on any atom is 0.164 e. The van der Waals surface area contributed by atoms with Crippen LogP contribution in [-0.2, 0) is 6.54 Å². The summed E-state index contributed by atoms with van der Waals surface area (Å²) in [4.78, 5) is 18.2. The number of thiazole rings is 1. The van der Waals surface area contributed by atoms with Gasteiger partial charge in [0, 0.05) is 30.1 Å². The molecular formula is C14H16N2OS. The van der Waals surface area contributed by atoms with E-state index in [0.717, 1.165) is 23.5 Å². The van der Waals surface area contributed by atoms with E-state index in [9.17, 15) is 4.79 Å². The predicted molar refractivity (Wildman–Crippen MR) is 75.3 cm³/mol. The molecule has 0 radical (unpaired) electrons. The minimum Gasteiger partial charge on any atom is -0.368 e. The zero-order valence-electron chi connectivity index (χ0n) is 10.6. The smallest absolute Gasteiger partial charge is 0.164 e. The van der Waals surface area contributed by atoms with Gasteiger partial charge in [0.2, 0.25) is 0 Å².